The second-order valence-electron chi connectivity index (χ2n) is 5.21. The molecule has 1 aromatic rings. The molecule has 0 bridgehead atoms. The van der Waals surface area contributed by atoms with Gasteiger partial charge in [0.15, 0.2) is 0 Å². The van der Waals surface area contributed by atoms with Crippen LogP contribution < -0.4 is 0 Å². The van der Waals surface area contributed by atoms with Gasteiger partial charge in [0.05, 0.1) is 0 Å². The molecule has 0 spiro atoms. The molecule has 5 heteroatoms. The zero-order valence-electron chi connectivity index (χ0n) is 12.5. The molecule has 0 radical (unpaired) electrons. The fourth-order valence-electron chi connectivity index (χ4n) is 2.19. The number of carbonyl (C=O) groups excluding carboxylic acids is 1. The zero-order chi connectivity index (χ0) is 15.1. The average molecular weight is 280 g/mol. The summed E-state index contributed by atoms with van der Waals surface area (Å²) in [6.45, 7) is 6.91. The fourth-order valence-corrected chi connectivity index (χ4v) is 2.19. The highest BCUT2D eigenvalue weighted by Crippen LogP contribution is 2.08. The minimum Gasteiger partial charge on any atom is -0.477 e. The summed E-state index contributed by atoms with van der Waals surface area (Å²) >= 11 is 0. The minimum absolute atomic E-state index is 0.0326. The quantitative estimate of drug-likeness (QED) is 0.744. The monoisotopic (exact) mass is 280 g/mol. The van der Waals surface area contributed by atoms with Crippen molar-refractivity contribution < 1.29 is 14.7 Å². The van der Waals surface area contributed by atoms with Crippen LogP contribution in [0.4, 0.5) is 0 Å². The smallest absolute Gasteiger partial charge is 0.352 e. The van der Waals surface area contributed by atoms with Crippen LogP contribution in [0.15, 0.2) is 18.3 Å². The Balaban J connectivity index is 2.70. The van der Waals surface area contributed by atoms with Gasteiger partial charge in [0.25, 0.3) is 0 Å². The number of hydrogen-bond acceptors (Lipinski definition) is 2. The maximum Gasteiger partial charge on any atom is 0.352 e. The van der Waals surface area contributed by atoms with Gasteiger partial charge in [-0.3, -0.25) is 4.79 Å². The number of rotatable bonds is 8. The van der Waals surface area contributed by atoms with E-state index in [1.54, 1.807) is 12.3 Å². The third-order valence-electron chi connectivity index (χ3n) is 3.30. The predicted octanol–water partition coefficient (Wildman–Crippen LogP) is 2.61. The van der Waals surface area contributed by atoms with Gasteiger partial charge in [-0.1, -0.05) is 19.8 Å². The number of aromatic nitrogens is 1. The lowest BCUT2D eigenvalue weighted by molar-refractivity contribution is -0.133. The van der Waals surface area contributed by atoms with Gasteiger partial charge in [0.1, 0.15) is 12.2 Å². The van der Waals surface area contributed by atoms with Gasteiger partial charge in [0.2, 0.25) is 5.91 Å². The van der Waals surface area contributed by atoms with E-state index in [0.717, 1.165) is 25.8 Å². The summed E-state index contributed by atoms with van der Waals surface area (Å²) in [5, 5.41) is 9.04. The molecular weight excluding hydrogens is 256 g/mol. The lowest BCUT2D eigenvalue weighted by Gasteiger charge is -2.27. The van der Waals surface area contributed by atoms with E-state index in [4.69, 9.17) is 5.11 Å². The highest BCUT2D eigenvalue weighted by Gasteiger charge is 2.18. The molecule has 0 aliphatic heterocycles. The number of carbonyl (C=O) groups is 2. The number of hydrogen-bond donors (Lipinski definition) is 1. The Kier molecular flexibility index (Phi) is 6.28. The van der Waals surface area contributed by atoms with Crippen molar-refractivity contribution in [3.05, 3.63) is 24.0 Å². The fraction of sp³-hybridized carbons (Fsp3) is 0.600. The van der Waals surface area contributed by atoms with E-state index in [1.165, 1.54) is 10.6 Å². The van der Waals surface area contributed by atoms with E-state index in [0.29, 0.717) is 0 Å². The van der Waals surface area contributed by atoms with Crippen LogP contribution in [0.25, 0.3) is 0 Å². The first-order valence-corrected chi connectivity index (χ1v) is 7.15. The van der Waals surface area contributed by atoms with Gasteiger partial charge in [-0.05, 0) is 32.4 Å². The molecule has 1 amide bonds. The van der Waals surface area contributed by atoms with Gasteiger partial charge >= 0.3 is 5.97 Å². The highest BCUT2D eigenvalue weighted by atomic mass is 16.4. The maximum absolute atomic E-state index is 12.3. The van der Waals surface area contributed by atoms with E-state index < -0.39 is 5.97 Å². The summed E-state index contributed by atoms with van der Waals surface area (Å²) in [6.07, 6.45) is 4.82. The lowest BCUT2D eigenvalue weighted by atomic mass is 10.2. The van der Waals surface area contributed by atoms with E-state index in [1.807, 2.05) is 18.7 Å². The van der Waals surface area contributed by atoms with Crippen molar-refractivity contribution in [1.82, 2.24) is 9.47 Å². The number of aromatic carboxylic acids is 1. The van der Waals surface area contributed by atoms with Gasteiger partial charge in [0, 0.05) is 18.8 Å². The van der Waals surface area contributed by atoms with E-state index in [-0.39, 0.29) is 24.2 Å². The van der Waals surface area contributed by atoms with Crippen molar-refractivity contribution in [3.8, 4) is 0 Å². The van der Waals surface area contributed by atoms with Crippen molar-refractivity contribution in [3.63, 3.8) is 0 Å². The largest absolute Gasteiger partial charge is 0.477 e. The van der Waals surface area contributed by atoms with Crippen LogP contribution in [0.2, 0.25) is 0 Å². The molecule has 5 nitrogen and oxygen atoms in total. The predicted molar refractivity (Wildman–Crippen MR) is 77.8 cm³/mol. The first-order chi connectivity index (χ1) is 9.47. The van der Waals surface area contributed by atoms with Crippen LogP contribution in [0.3, 0.4) is 0 Å². The Labute approximate surface area is 120 Å². The van der Waals surface area contributed by atoms with E-state index >= 15 is 0 Å². The number of unbranched alkanes of at least 4 members (excludes halogenated alkanes) is 2. The van der Waals surface area contributed by atoms with Crippen molar-refractivity contribution in [1.29, 1.82) is 0 Å². The molecule has 0 saturated heterocycles. The molecule has 1 aromatic heterocycles. The van der Waals surface area contributed by atoms with Crippen molar-refractivity contribution in [2.24, 2.45) is 0 Å². The SMILES string of the molecule is CCCCCN(C(=O)Cn1cccc1C(=O)O)C(C)C. The third kappa shape index (κ3) is 4.40. The molecule has 0 fully saturated rings. The minimum atomic E-state index is -1.01. The Morgan fingerprint density at radius 3 is 2.60 bits per heavy atom. The normalized spacial score (nSPS) is 10.8. The number of carboxylic acid groups (broad SMARTS) is 1. The molecular formula is C15H24N2O3. The van der Waals surface area contributed by atoms with Crippen LogP contribution in [0.5, 0.6) is 0 Å². The first kappa shape index (κ1) is 16.3. The lowest BCUT2D eigenvalue weighted by Crippen LogP contribution is -2.40. The molecule has 1 rings (SSSR count). The van der Waals surface area contributed by atoms with E-state index in [2.05, 4.69) is 6.92 Å². The van der Waals surface area contributed by atoms with Crippen LogP contribution >= 0.6 is 0 Å². The Bertz CT molecular complexity index is 452. The summed E-state index contributed by atoms with van der Waals surface area (Å²) in [5.41, 5.74) is 0.149. The van der Waals surface area contributed by atoms with Crippen LogP contribution in [-0.4, -0.2) is 39.0 Å². The summed E-state index contributed by atoms with van der Waals surface area (Å²) in [4.78, 5) is 25.2. The Hall–Kier alpha value is -1.78. The van der Waals surface area contributed by atoms with E-state index in [9.17, 15) is 9.59 Å². The Morgan fingerprint density at radius 1 is 1.35 bits per heavy atom. The summed E-state index contributed by atoms with van der Waals surface area (Å²) in [7, 11) is 0. The van der Waals surface area contributed by atoms with Gasteiger partial charge in [-0.2, -0.15) is 0 Å². The molecule has 0 aliphatic carbocycles. The first-order valence-electron chi connectivity index (χ1n) is 7.15. The third-order valence-corrected chi connectivity index (χ3v) is 3.30. The second-order valence-corrected chi connectivity index (χ2v) is 5.21. The maximum atomic E-state index is 12.3. The summed E-state index contributed by atoms with van der Waals surface area (Å²) < 4.78 is 1.49. The highest BCUT2D eigenvalue weighted by molar-refractivity contribution is 5.87. The molecule has 0 saturated carbocycles. The van der Waals surface area contributed by atoms with Crippen LogP contribution in [-0.2, 0) is 11.3 Å². The molecule has 20 heavy (non-hydrogen) atoms. The van der Waals surface area contributed by atoms with Gasteiger partial charge in [-0.15, -0.1) is 0 Å². The molecule has 1 heterocycles. The summed E-state index contributed by atoms with van der Waals surface area (Å²) in [5.74, 6) is -1.04. The molecule has 112 valence electrons. The van der Waals surface area contributed by atoms with Gasteiger partial charge < -0.3 is 14.6 Å². The molecule has 0 atom stereocenters. The standard InChI is InChI=1S/C15H24N2O3/c1-4-5-6-10-17(12(2)3)14(18)11-16-9-7-8-13(16)15(19)20/h7-9,12H,4-6,10-11H2,1-3H3,(H,19,20). The van der Waals surface area contributed by atoms with Crippen LogP contribution in [0.1, 0.15) is 50.5 Å². The Morgan fingerprint density at radius 2 is 2.05 bits per heavy atom. The van der Waals surface area contributed by atoms with Crippen molar-refractivity contribution >= 4 is 11.9 Å². The molecule has 0 unspecified atom stereocenters. The van der Waals surface area contributed by atoms with Gasteiger partial charge in [-0.25, -0.2) is 4.79 Å². The second kappa shape index (κ2) is 7.72. The number of carboxylic acids is 1. The van der Waals surface area contributed by atoms with Crippen molar-refractivity contribution in [2.75, 3.05) is 6.54 Å². The zero-order valence-corrected chi connectivity index (χ0v) is 12.5. The molecule has 0 aromatic carbocycles. The number of nitrogens with zero attached hydrogens (tertiary/aromatic N) is 2. The topological polar surface area (TPSA) is 62.5 Å². The average Bonchev–Trinajstić information content (AvgIpc) is 2.82. The molecule has 0 aliphatic rings. The number of amides is 1. The molecule has 1 N–H and O–H groups in total. The van der Waals surface area contributed by atoms with Crippen molar-refractivity contribution in [2.45, 2.75) is 52.6 Å². The van der Waals surface area contributed by atoms with Crippen LogP contribution in [0, 0.1) is 0 Å². The summed E-state index contributed by atoms with van der Waals surface area (Å²) in [6, 6.07) is 3.28.